The molecule has 1 heterocycles. The molecule has 2 aromatic rings. The van der Waals surface area contributed by atoms with Gasteiger partial charge < -0.3 is 14.8 Å². The maximum absolute atomic E-state index is 5.05. The van der Waals surface area contributed by atoms with Gasteiger partial charge in [-0.2, -0.15) is 0 Å². The normalized spacial score (nSPS) is 11.0. The van der Waals surface area contributed by atoms with Gasteiger partial charge in [-0.3, -0.25) is 0 Å². The Balaban J connectivity index is 2.09. The molecule has 6 heteroatoms. The van der Waals surface area contributed by atoms with Crippen molar-refractivity contribution in [1.82, 2.24) is 15.2 Å². The Bertz CT molecular complexity index is 488. The van der Waals surface area contributed by atoms with Crippen molar-refractivity contribution in [3.05, 3.63) is 24.3 Å². The van der Waals surface area contributed by atoms with E-state index in [-0.39, 0.29) is 6.29 Å². The molecule has 1 aromatic heterocycles. The van der Waals surface area contributed by atoms with Crippen LogP contribution >= 0.6 is 0 Å². The molecule has 0 saturated heterocycles. The van der Waals surface area contributed by atoms with Crippen LogP contribution in [0.2, 0.25) is 0 Å². The maximum Gasteiger partial charge on any atom is 0.243 e. The summed E-state index contributed by atoms with van der Waals surface area (Å²) >= 11 is 0. The maximum atomic E-state index is 5.05. The third-order valence-electron chi connectivity index (χ3n) is 2.31. The first-order valence-corrected chi connectivity index (χ1v) is 5.22. The predicted octanol–water partition coefficient (Wildman–Crippen LogP) is 1.06. The number of nitrogens with zero attached hydrogens (tertiary/aromatic N) is 3. The second kappa shape index (κ2) is 5.51. The number of anilines is 1. The number of benzene rings is 1. The van der Waals surface area contributed by atoms with E-state index in [4.69, 9.17) is 9.47 Å². The van der Waals surface area contributed by atoms with Crippen molar-refractivity contribution in [2.75, 3.05) is 26.1 Å². The molecule has 0 saturated carbocycles. The average molecular weight is 234 g/mol. The van der Waals surface area contributed by atoms with E-state index in [1.165, 1.54) is 0 Å². The summed E-state index contributed by atoms with van der Waals surface area (Å²) in [6.07, 6.45) is -0.329. The second-order valence-electron chi connectivity index (χ2n) is 3.41. The number of fused-ring (bicyclic) bond motifs is 1. The highest BCUT2D eigenvalue weighted by molar-refractivity contribution is 5.73. The van der Waals surface area contributed by atoms with Gasteiger partial charge in [0.2, 0.25) is 5.95 Å². The summed E-state index contributed by atoms with van der Waals surface area (Å²) in [5.41, 5.74) is 1.57. The summed E-state index contributed by atoms with van der Waals surface area (Å²) in [7, 11) is 3.16. The number of aromatic nitrogens is 3. The van der Waals surface area contributed by atoms with Gasteiger partial charge in [0.1, 0.15) is 5.52 Å². The summed E-state index contributed by atoms with van der Waals surface area (Å²) in [6.45, 7) is 0.465. The van der Waals surface area contributed by atoms with Crippen molar-refractivity contribution >= 4 is 17.0 Å². The van der Waals surface area contributed by atoms with E-state index in [0.29, 0.717) is 12.5 Å². The zero-order valence-electron chi connectivity index (χ0n) is 9.75. The van der Waals surface area contributed by atoms with Gasteiger partial charge in [-0.25, -0.2) is 4.98 Å². The van der Waals surface area contributed by atoms with Gasteiger partial charge in [0.15, 0.2) is 6.29 Å². The highest BCUT2D eigenvalue weighted by atomic mass is 16.7. The van der Waals surface area contributed by atoms with Crippen LogP contribution in [0.1, 0.15) is 0 Å². The fraction of sp³-hybridized carbons (Fsp3) is 0.364. The van der Waals surface area contributed by atoms with Gasteiger partial charge in [0.25, 0.3) is 0 Å². The Morgan fingerprint density at radius 2 is 1.82 bits per heavy atom. The first kappa shape index (κ1) is 11.7. The lowest BCUT2D eigenvalue weighted by Crippen LogP contribution is -2.24. The molecule has 2 rings (SSSR count). The molecule has 1 aromatic carbocycles. The molecule has 0 radical (unpaired) electrons. The summed E-state index contributed by atoms with van der Waals surface area (Å²) in [4.78, 5) is 4.32. The largest absolute Gasteiger partial charge is 0.354 e. The number of ether oxygens (including phenoxy) is 2. The molecule has 0 spiro atoms. The van der Waals surface area contributed by atoms with Crippen LogP contribution in [0.15, 0.2) is 24.3 Å². The van der Waals surface area contributed by atoms with Crippen LogP contribution in [0.4, 0.5) is 5.95 Å². The van der Waals surface area contributed by atoms with Gasteiger partial charge in [-0.05, 0) is 12.1 Å². The lowest BCUT2D eigenvalue weighted by Gasteiger charge is -2.13. The first-order valence-electron chi connectivity index (χ1n) is 5.22. The fourth-order valence-corrected chi connectivity index (χ4v) is 1.39. The molecule has 0 bridgehead atoms. The van der Waals surface area contributed by atoms with E-state index in [2.05, 4.69) is 20.5 Å². The first-order chi connectivity index (χ1) is 8.33. The SMILES string of the molecule is COC(CNc1nnc2ccccc2n1)OC. The van der Waals surface area contributed by atoms with Gasteiger partial charge in [0, 0.05) is 14.2 Å². The standard InChI is InChI=1S/C11H14N4O2/c1-16-10(17-2)7-12-11-13-8-5-3-4-6-9(8)14-15-11/h3-6,10H,7H2,1-2H3,(H,12,13,15). The lowest BCUT2D eigenvalue weighted by molar-refractivity contribution is -0.0914. The predicted molar refractivity (Wildman–Crippen MR) is 63.6 cm³/mol. The Hall–Kier alpha value is -1.79. The highest BCUT2D eigenvalue weighted by Gasteiger charge is 2.06. The van der Waals surface area contributed by atoms with E-state index < -0.39 is 0 Å². The minimum Gasteiger partial charge on any atom is -0.354 e. The van der Waals surface area contributed by atoms with E-state index >= 15 is 0 Å². The smallest absolute Gasteiger partial charge is 0.243 e. The summed E-state index contributed by atoms with van der Waals surface area (Å²) < 4.78 is 10.1. The van der Waals surface area contributed by atoms with E-state index in [0.717, 1.165) is 11.0 Å². The molecule has 17 heavy (non-hydrogen) atoms. The van der Waals surface area contributed by atoms with Crippen molar-refractivity contribution in [3.63, 3.8) is 0 Å². The van der Waals surface area contributed by atoms with E-state index in [1.54, 1.807) is 14.2 Å². The van der Waals surface area contributed by atoms with Crippen molar-refractivity contribution in [3.8, 4) is 0 Å². The Kier molecular flexibility index (Phi) is 3.79. The molecule has 90 valence electrons. The molecular formula is C11H14N4O2. The average Bonchev–Trinajstić information content (AvgIpc) is 2.40. The molecule has 1 N–H and O–H groups in total. The molecule has 0 aliphatic rings. The minimum absolute atomic E-state index is 0.329. The second-order valence-corrected chi connectivity index (χ2v) is 3.41. The van der Waals surface area contributed by atoms with Crippen LogP contribution in [0.3, 0.4) is 0 Å². The lowest BCUT2D eigenvalue weighted by atomic mass is 10.3. The number of nitrogens with one attached hydrogen (secondary N) is 1. The number of para-hydroxylation sites is 1. The Morgan fingerprint density at radius 3 is 2.53 bits per heavy atom. The van der Waals surface area contributed by atoms with Crippen molar-refractivity contribution in [1.29, 1.82) is 0 Å². The molecule has 0 unspecified atom stereocenters. The third kappa shape index (κ3) is 2.86. The quantitative estimate of drug-likeness (QED) is 0.780. The minimum atomic E-state index is -0.329. The molecule has 0 atom stereocenters. The van der Waals surface area contributed by atoms with Crippen LogP contribution in [0.5, 0.6) is 0 Å². The zero-order chi connectivity index (χ0) is 12.1. The molecule has 6 nitrogen and oxygen atoms in total. The van der Waals surface area contributed by atoms with Crippen molar-refractivity contribution in [2.45, 2.75) is 6.29 Å². The summed E-state index contributed by atoms with van der Waals surface area (Å²) in [6, 6.07) is 7.57. The molecule has 0 aliphatic carbocycles. The van der Waals surface area contributed by atoms with Crippen molar-refractivity contribution < 1.29 is 9.47 Å². The van der Waals surface area contributed by atoms with E-state index in [1.807, 2.05) is 24.3 Å². The Morgan fingerprint density at radius 1 is 1.12 bits per heavy atom. The number of hydrogen-bond acceptors (Lipinski definition) is 6. The highest BCUT2D eigenvalue weighted by Crippen LogP contribution is 2.08. The summed E-state index contributed by atoms with van der Waals surface area (Å²) in [5, 5.41) is 11.0. The summed E-state index contributed by atoms with van der Waals surface area (Å²) in [5.74, 6) is 0.461. The van der Waals surface area contributed by atoms with Crippen molar-refractivity contribution in [2.24, 2.45) is 0 Å². The molecule has 0 amide bonds. The number of methoxy groups -OCH3 is 2. The molecular weight excluding hydrogens is 220 g/mol. The van der Waals surface area contributed by atoms with Crippen LogP contribution in [-0.2, 0) is 9.47 Å². The number of rotatable bonds is 5. The number of hydrogen-bond donors (Lipinski definition) is 1. The van der Waals surface area contributed by atoms with Crippen LogP contribution in [-0.4, -0.2) is 42.2 Å². The van der Waals surface area contributed by atoms with Crippen LogP contribution in [0.25, 0.3) is 11.0 Å². The zero-order valence-corrected chi connectivity index (χ0v) is 9.75. The van der Waals surface area contributed by atoms with Crippen LogP contribution in [0, 0.1) is 0 Å². The third-order valence-corrected chi connectivity index (χ3v) is 2.31. The molecule has 0 aliphatic heterocycles. The van der Waals surface area contributed by atoms with E-state index in [9.17, 15) is 0 Å². The van der Waals surface area contributed by atoms with Gasteiger partial charge in [0.05, 0.1) is 12.1 Å². The molecule has 0 fully saturated rings. The van der Waals surface area contributed by atoms with Gasteiger partial charge in [-0.15, -0.1) is 10.2 Å². The Labute approximate surface area is 99.0 Å². The van der Waals surface area contributed by atoms with Gasteiger partial charge in [-0.1, -0.05) is 12.1 Å². The fourth-order valence-electron chi connectivity index (χ4n) is 1.39. The van der Waals surface area contributed by atoms with Crippen LogP contribution < -0.4 is 5.32 Å². The monoisotopic (exact) mass is 234 g/mol. The van der Waals surface area contributed by atoms with Gasteiger partial charge >= 0.3 is 0 Å². The topological polar surface area (TPSA) is 69.2 Å².